The molecule has 1 saturated heterocycles. The normalized spacial score (nSPS) is 17.5. The molecule has 0 saturated carbocycles. The van der Waals surface area contributed by atoms with Crippen LogP contribution in [-0.4, -0.2) is 50.3 Å². The molecule has 1 atom stereocenters. The van der Waals surface area contributed by atoms with Crippen LogP contribution in [0.5, 0.6) is 0 Å². The van der Waals surface area contributed by atoms with Gasteiger partial charge in [-0.15, -0.1) is 24.0 Å². The molecular formula is C19H31IN4O2. The van der Waals surface area contributed by atoms with Crippen molar-refractivity contribution >= 4 is 41.6 Å². The molecule has 1 aromatic rings. The molecule has 0 spiro atoms. The molecular weight excluding hydrogens is 443 g/mol. The molecule has 2 N–H and O–H groups in total. The summed E-state index contributed by atoms with van der Waals surface area (Å²) in [6.45, 7) is 9.69. The average molecular weight is 474 g/mol. The maximum atomic E-state index is 11.8. The number of aliphatic imine (C=N–C) groups is 1. The quantitative estimate of drug-likeness (QED) is 0.304. The van der Waals surface area contributed by atoms with Gasteiger partial charge in [0.2, 0.25) is 0 Å². The summed E-state index contributed by atoms with van der Waals surface area (Å²) >= 11 is 0. The van der Waals surface area contributed by atoms with Crippen molar-refractivity contribution in [3.63, 3.8) is 0 Å². The van der Waals surface area contributed by atoms with Crippen molar-refractivity contribution in [2.45, 2.75) is 45.8 Å². The fourth-order valence-electron chi connectivity index (χ4n) is 2.79. The number of anilines is 1. The largest absolute Gasteiger partial charge is 0.459 e. The second-order valence-corrected chi connectivity index (χ2v) is 7.42. The number of aryl methyl sites for hydroxylation is 1. The van der Waals surface area contributed by atoms with E-state index in [-0.39, 0.29) is 36.5 Å². The Hall–Kier alpha value is -1.51. The van der Waals surface area contributed by atoms with Gasteiger partial charge in [0.25, 0.3) is 0 Å². The highest BCUT2D eigenvalue weighted by molar-refractivity contribution is 14.0. The Morgan fingerprint density at radius 2 is 1.96 bits per heavy atom. The molecule has 0 aromatic heterocycles. The van der Waals surface area contributed by atoms with Crippen molar-refractivity contribution in [3.05, 3.63) is 29.8 Å². The van der Waals surface area contributed by atoms with Crippen LogP contribution in [0.1, 0.15) is 32.8 Å². The molecule has 1 heterocycles. The number of esters is 1. The molecule has 26 heavy (non-hydrogen) atoms. The monoisotopic (exact) mass is 474 g/mol. The van der Waals surface area contributed by atoms with Gasteiger partial charge in [0.05, 0.1) is 0 Å². The Balaban J connectivity index is 0.00000338. The number of carbonyl (C=O) groups excluding carboxylic acids is 1. The minimum atomic E-state index is -0.476. The second kappa shape index (κ2) is 9.99. The molecule has 7 heteroatoms. The number of nitrogens with one attached hydrogen (secondary N) is 2. The number of nitrogens with zero attached hydrogens (tertiary/aromatic N) is 2. The number of ether oxygens (including phenoxy) is 1. The van der Waals surface area contributed by atoms with Crippen molar-refractivity contribution in [1.29, 1.82) is 0 Å². The third-order valence-electron chi connectivity index (χ3n) is 3.97. The molecule has 2 rings (SSSR count). The first-order valence-corrected chi connectivity index (χ1v) is 8.77. The van der Waals surface area contributed by atoms with Crippen LogP contribution < -0.4 is 15.5 Å². The zero-order chi connectivity index (χ0) is 18.4. The van der Waals surface area contributed by atoms with Crippen LogP contribution in [0.4, 0.5) is 5.69 Å². The van der Waals surface area contributed by atoms with Crippen LogP contribution >= 0.6 is 24.0 Å². The van der Waals surface area contributed by atoms with Crippen LogP contribution in [-0.2, 0) is 9.53 Å². The summed E-state index contributed by atoms with van der Waals surface area (Å²) in [5.74, 6) is 0.338. The number of guanidine groups is 1. The maximum absolute atomic E-state index is 11.8. The zero-order valence-electron chi connectivity index (χ0n) is 16.3. The van der Waals surface area contributed by atoms with Crippen LogP contribution in [0.15, 0.2) is 29.3 Å². The van der Waals surface area contributed by atoms with E-state index in [0.717, 1.165) is 19.5 Å². The fraction of sp³-hybridized carbons (Fsp3) is 0.579. The molecule has 1 aromatic carbocycles. The Morgan fingerprint density at radius 3 is 2.54 bits per heavy atom. The summed E-state index contributed by atoms with van der Waals surface area (Å²) in [5.41, 5.74) is 2.03. The summed E-state index contributed by atoms with van der Waals surface area (Å²) in [5, 5.41) is 6.41. The van der Waals surface area contributed by atoms with Gasteiger partial charge in [-0.1, -0.05) is 17.7 Å². The number of rotatable bonds is 4. The first kappa shape index (κ1) is 22.5. The maximum Gasteiger partial charge on any atom is 0.325 e. The average Bonchev–Trinajstić information content (AvgIpc) is 2.99. The summed E-state index contributed by atoms with van der Waals surface area (Å²) in [6.07, 6.45) is 1.03. The molecule has 1 fully saturated rings. The van der Waals surface area contributed by atoms with E-state index in [0.29, 0.717) is 12.0 Å². The minimum Gasteiger partial charge on any atom is -0.459 e. The van der Waals surface area contributed by atoms with Gasteiger partial charge in [-0.2, -0.15) is 0 Å². The van der Waals surface area contributed by atoms with E-state index in [1.165, 1.54) is 11.3 Å². The number of hydrogen-bond acceptors (Lipinski definition) is 4. The Labute approximate surface area is 173 Å². The van der Waals surface area contributed by atoms with Crippen LogP contribution in [0.3, 0.4) is 0 Å². The van der Waals surface area contributed by atoms with Gasteiger partial charge >= 0.3 is 5.97 Å². The van der Waals surface area contributed by atoms with Crippen LogP contribution in [0, 0.1) is 6.92 Å². The van der Waals surface area contributed by atoms with Crippen LogP contribution in [0.25, 0.3) is 0 Å². The summed E-state index contributed by atoms with van der Waals surface area (Å²) < 4.78 is 5.29. The number of halogens is 1. The lowest BCUT2D eigenvalue weighted by atomic mass is 10.2. The summed E-state index contributed by atoms with van der Waals surface area (Å²) in [4.78, 5) is 18.4. The van der Waals surface area contributed by atoms with Crippen molar-refractivity contribution < 1.29 is 9.53 Å². The lowest BCUT2D eigenvalue weighted by molar-refractivity contribution is -0.153. The summed E-state index contributed by atoms with van der Waals surface area (Å²) in [7, 11) is 1.71. The lowest BCUT2D eigenvalue weighted by Gasteiger charge is -2.22. The number of carbonyl (C=O) groups is 1. The first-order chi connectivity index (χ1) is 11.8. The Bertz CT molecular complexity index is 611. The van der Waals surface area contributed by atoms with E-state index in [1.54, 1.807) is 7.05 Å². The molecule has 1 aliphatic heterocycles. The van der Waals surface area contributed by atoms with Crippen LogP contribution in [0.2, 0.25) is 0 Å². The highest BCUT2D eigenvalue weighted by atomic mass is 127. The molecule has 1 unspecified atom stereocenters. The van der Waals surface area contributed by atoms with E-state index in [4.69, 9.17) is 4.74 Å². The van der Waals surface area contributed by atoms with Gasteiger partial charge < -0.3 is 20.3 Å². The van der Waals surface area contributed by atoms with E-state index >= 15 is 0 Å². The van der Waals surface area contributed by atoms with Gasteiger partial charge in [-0.05, 0) is 46.2 Å². The van der Waals surface area contributed by atoms with Gasteiger partial charge in [0.1, 0.15) is 12.1 Å². The standard InChI is InChI=1S/C19H30N4O2.HI/c1-14-6-8-16(9-7-14)23-11-10-15(13-23)22-18(20-5)21-12-17(24)25-19(2,3)4;/h6-9,15H,10-13H2,1-5H3,(H2,20,21,22);1H. The third kappa shape index (κ3) is 7.39. The SMILES string of the molecule is CN=C(NCC(=O)OC(C)(C)C)NC1CCN(c2ccc(C)cc2)C1.I. The first-order valence-electron chi connectivity index (χ1n) is 8.77. The Kier molecular flexibility index (Phi) is 8.66. The second-order valence-electron chi connectivity index (χ2n) is 7.42. The van der Waals surface area contributed by atoms with Crippen molar-refractivity contribution in [2.24, 2.45) is 4.99 Å². The van der Waals surface area contributed by atoms with Gasteiger partial charge in [-0.3, -0.25) is 9.79 Å². The number of hydrogen-bond donors (Lipinski definition) is 2. The summed E-state index contributed by atoms with van der Waals surface area (Å²) in [6, 6.07) is 8.89. The Morgan fingerprint density at radius 1 is 1.31 bits per heavy atom. The van der Waals surface area contributed by atoms with Gasteiger partial charge in [0.15, 0.2) is 5.96 Å². The highest BCUT2D eigenvalue weighted by Gasteiger charge is 2.24. The predicted octanol–water partition coefficient (Wildman–Crippen LogP) is 2.70. The smallest absolute Gasteiger partial charge is 0.325 e. The van der Waals surface area contributed by atoms with E-state index in [1.807, 2.05) is 20.8 Å². The van der Waals surface area contributed by atoms with E-state index in [9.17, 15) is 4.79 Å². The molecule has 0 bridgehead atoms. The van der Waals surface area contributed by atoms with E-state index in [2.05, 4.69) is 51.7 Å². The number of benzene rings is 1. The zero-order valence-corrected chi connectivity index (χ0v) is 18.7. The molecule has 0 amide bonds. The molecule has 1 aliphatic rings. The lowest BCUT2D eigenvalue weighted by Crippen LogP contribution is -2.46. The van der Waals surface area contributed by atoms with Gasteiger partial charge in [0, 0.05) is 31.9 Å². The molecule has 0 aliphatic carbocycles. The van der Waals surface area contributed by atoms with Crippen molar-refractivity contribution in [3.8, 4) is 0 Å². The van der Waals surface area contributed by atoms with Crippen molar-refractivity contribution in [2.75, 3.05) is 31.6 Å². The molecule has 0 radical (unpaired) electrons. The van der Waals surface area contributed by atoms with Crippen molar-refractivity contribution in [1.82, 2.24) is 10.6 Å². The minimum absolute atomic E-state index is 0. The molecule has 6 nitrogen and oxygen atoms in total. The predicted molar refractivity (Wildman–Crippen MR) is 118 cm³/mol. The third-order valence-corrected chi connectivity index (χ3v) is 3.97. The van der Waals surface area contributed by atoms with Gasteiger partial charge in [-0.25, -0.2) is 0 Å². The fourth-order valence-corrected chi connectivity index (χ4v) is 2.79. The molecule has 146 valence electrons. The van der Waals surface area contributed by atoms with E-state index < -0.39 is 5.60 Å². The highest BCUT2D eigenvalue weighted by Crippen LogP contribution is 2.20. The topological polar surface area (TPSA) is 66.0 Å².